The smallest absolute Gasteiger partial charge is 0.370 e. The van der Waals surface area contributed by atoms with Crippen LogP contribution >= 0.6 is 11.6 Å². The summed E-state index contributed by atoms with van der Waals surface area (Å²) in [7, 11) is 0. The van der Waals surface area contributed by atoms with Crippen LogP contribution in [0.2, 0.25) is 5.02 Å². The normalized spacial score (nSPS) is 19.2. The number of benzene rings is 1. The van der Waals surface area contributed by atoms with Crippen molar-refractivity contribution >= 4 is 29.1 Å². The summed E-state index contributed by atoms with van der Waals surface area (Å²) < 4.78 is 40.6. The van der Waals surface area contributed by atoms with Crippen molar-refractivity contribution in [3.05, 3.63) is 29.3 Å². The van der Waals surface area contributed by atoms with Gasteiger partial charge in [-0.15, -0.1) is 0 Å². The zero-order chi connectivity index (χ0) is 18.6. The van der Waals surface area contributed by atoms with Gasteiger partial charge in [0.25, 0.3) is 0 Å². The second-order valence-corrected chi connectivity index (χ2v) is 6.36. The standard InChI is InChI=1S/C16H18ClF3N2O3/c1-10(8-25-9-16(18,19)20)21-15(24)11-5-14(23)22(7-11)13-4-2-3-12(17)6-13/h2-4,6,10-11H,5,7-9H2,1H3,(H,21,24). The number of rotatable bonds is 6. The molecule has 25 heavy (non-hydrogen) atoms. The quantitative estimate of drug-likeness (QED) is 0.828. The number of carbonyl (C=O) groups excluding carboxylic acids is 2. The van der Waals surface area contributed by atoms with Gasteiger partial charge in [0.2, 0.25) is 11.8 Å². The average Bonchev–Trinajstić information content (AvgIpc) is 2.88. The van der Waals surface area contributed by atoms with Crippen LogP contribution < -0.4 is 10.2 Å². The molecule has 0 aliphatic carbocycles. The molecule has 1 aliphatic rings. The Morgan fingerprint density at radius 1 is 1.48 bits per heavy atom. The van der Waals surface area contributed by atoms with Gasteiger partial charge in [0.1, 0.15) is 6.61 Å². The SMILES string of the molecule is CC(COCC(F)(F)F)NC(=O)C1CC(=O)N(c2cccc(Cl)c2)C1. The van der Waals surface area contributed by atoms with Crippen molar-refractivity contribution in [2.24, 2.45) is 5.92 Å². The fraction of sp³-hybridized carbons (Fsp3) is 0.500. The molecule has 2 atom stereocenters. The number of anilines is 1. The minimum Gasteiger partial charge on any atom is -0.370 e. The summed E-state index contributed by atoms with van der Waals surface area (Å²) in [6, 6.07) is 6.15. The van der Waals surface area contributed by atoms with Crippen LogP contribution in [0.5, 0.6) is 0 Å². The van der Waals surface area contributed by atoms with Crippen molar-refractivity contribution in [2.45, 2.75) is 25.6 Å². The molecule has 2 rings (SSSR count). The zero-order valence-corrected chi connectivity index (χ0v) is 14.2. The van der Waals surface area contributed by atoms with Crippen LogP contribution in [-0.2, 0) is 14.3 Å². The molecule has 1 saturated heterocycles. The van der Waals surface area contributed by atoms with Crippen LogP contribution in [0.4, 0.5) is 18.9 Å². The third-order valence-electron chi connectivity index (χ3n) is 3.64. The highest BCUT2D eigenvalue weighted by molar-refractivity contribution is 6.30. The van der Waals surface area contributed by atoms with Gasteiger partial charge in [-0.2, -0.15) is 13.2 Å². The number of nitrogens with one attached hydrogen (secondary N) is 1. The van der Waals surface area contributed by atoms with Crippen LogP contribution in [0.15, 0.2) is 24.3 Å². The van der Waals surface area contributed by atoms with Crippen LogP contribution in [-0.4, -0.2) is 43.8 Å². The Kier molecular flexibility index (Phi) is 6.29. The molecule has 2 unspecified atom stereocenters. The van der Waals surface area contributed by atoms with Gasteiger partial charge in [0.05, 0.1) is 12.5 Å². The largest absolute Gasteiger partial charge is 0.411 e. The summed E-state index contributed by atoms with van der Waals surface area (Å²) in [5, 5.41) is 3.06. The first-order valence-electron chi connectivity index (χ1n) is 7.66. The second-order valence-electron chi connectivity index (χ2n) is 5.93. The lowest BCUT2D eigenvalue weighted by atomic mass is 10.1. The van der Waals surface area contributed by atoms with Crippen LogP contribution in [0, 0.1) is 5.92 Å². The van der Waals surface area contributed by atoms with E-state index in [4.69, 9.17) is 11.6 Å². The lowest BCUT2D eigenvalue weighted by Crippen LogP contribution is -2.41. The molecule has 138 valence electrons. The maximum Gasteiger partial charge on any atom is 0.411 e. The maximum absolute atomic E-state index is 12.2. The molecule has 2 amide bonds. The maximum atomic E-state index is 12.2. The first kappa shape index (κ1) is 19.5. The predicted octanol–water partition coefficient (Wildman–Crippen LogP) is 2.78. The molecule has 0 saturated carbocycles. The van der Waals surface area contributed by atoms with Gasteiger partial charge < -0.3 is 15.0 Å². The van der Waals surface area contributed by atoms with Crippen molar-refractivity contribution in [1.82, 2.24) is 5.32 Å². The van der Waals surface area contributed by atoms with E-state index in [0.29, 0.717) is 10.7 Å². The van der Waals surface area contributed by atoms with Gasteiger partial charge in [-0.3, -0.25) is 9.59 Å². The first-order valence-corrected chi connectivity index (χ1v) is 8.04. The molecule has 1 aliphatic heterocycles. The van der Waals surface area contributed by atoms with Crippen molar-refractivity contribution in [3.63, 3.8) is 0 Å². The molecule has 0 radical (unpaired) electrons. The molecule has 1 aromatic carbocycles. The molecule has 0 bridgehead atoms. The molecule has 0 spiro atoms. The van der Waals surface area contributed by atoms with Gasteiger partial charge in [0, 0.05) is 29.7 Å². The van der Waals surface area contributed by atoms with E-state index < -0.39 is 24.7 Å². The summed E-state index contributed by atoms with van der Waals surface area (Å²) in [5.74, 6) is -1.17. The van der Waals surface area contributed by atoms with Gasteiger partial charge in [-0.25, -0.2) is 0 Å². The van der Waals surface area contributed by atoms with Crippen LogP contribution in [0.1, 0.15) is 13.3 Å². The number of alkyl halides is 3. The summed E-state index contributed by atoms with van der Waals surface area (Å²) in [4.78, 5) is 25.8. The number of hydrogen-bond donors (Lipinski definition) is 1. The highest BCUT2D eigenvalue weighted by Gasteiger charge is 2.35. The Balaban J connectivity index is 1.86. The Morgan fingerprint density at radius 2 is 2.20 bits per heavy atom. The summed E-state index contributed by atoms with van der Waals surface area (Å²) in [6.45, 7) is 0.114. The summed E-state index contributed by atoms with van der Waals surface area (Å²) >= 11 is 5.91. The molecule has 1 aromatic rings. The third kappa shape index (κ3) is 5.89. The van der Waals surface area contributed by atoms with Crippen molar-refractivity contribution in [2.75, 3.05) is 24.7 Å². The Bertz CT molecular complexity index is 639. The predicted molar refractivity (Wildman–Crippen MR) is 86.4 cm³/mol. The van der Waals surface area contributed by atoms with E-state index >= 15 is 0 Å². The zero-order valence-electron chi connectivity index (χ0n) is 13.5. The Labute approximate surface area is 148 Å². The van der Waals surface area contributed by atoms with Gasteiger partial charge in [-0.1, -0.05) is 17.7 Å². The highest BCUT2D eigenvalue weighted by atomic mass is 35.5. The average molecular weight is 379 g/mol. The lowest BCUT2D eigenvalue weighted by Gasteiger charge is -2.19. The van der Waals surface area contributed by atoms with E-state index in [-0.39, 0.29) is 31.4 Å². The summed E-state index contributed by atoms with van der Waals surface area (Å²) in [6.07, 6.45) is -4.37. The van der Waals surface area contributed by atoms with E-state index in [1.807, 2.05) is 0 Å². The minimum atomic E-state index is -4.40. The lowest BCUT2D eigenvalue weighted by molar-refractivity contribution is -0.175. The fourth-order valence-corrected chi connectivity index (χ4v) is 2.72. The third-order valence-corrected chi connectivity index (χ3v) is 3.87. The number of ether oxygens (including phenoxy) is 1. The highest BCUT2D eigenvalue weighted by Crippen LogP contribution is 2.27. The topological polar surface area (TPSA) is 58.6 Å². The van der Waals surface area contributed by atoms with Crippen LogP contribution in [0.25, 0.3) is 0 Å². The number of nitrogens with zero attached hydrogens (tertiary/aromatic N) is 1. The summed E-state index contributed by atoms with van der Waals surface area (Å²) in [5.41, 5.74) is 0.606. The Hall–Kier alpha value is -1.80. The van der Waals surface area contributed by atoms with Crippen molar-refractivity contribution < 1.29 is 27.5 Å². The number of carbonyl (C=O) groups is 2. The molecule has 1 fully saturated rings. The van der Waals surface area contributed by atoms with E-state index in [0.717, 1.165) is 0 Å². The number of halogens is 4. The second kappa shape index (κ2) is 8.05. The molecule has 1 N–H and O–H groups in total. The molecular formula is C16H18ClF3N2O3. The van der Waals surface area contributed by atoms with Crippen molar-refractivity contribution in [1.29, 1.82) is 0 Å². The van der Waals surface area contributed by atoms with E-state index in [2.05, 4.69) is 10.1 Å². The molecule has 1 heterocycles. The van der Waals surface area contributed by atoms with E-state index in [1.165, 1.54) is 4.90 Å². The van der Waals surface area contributed by atoms with E-state index in [1.54, 1.807) is 31.2 Å². The molecule has 5 nitrogen and oxygen atoms in total. The molecular weight excluding hydrogens is 361 g/mol. The molecule has 9 heteroatoms. The van der Waals surface area contributed by atoms with Crippen molar-refractivity contribution in [3.8, 4) is 0 Å². The van der Waals surface area contributed by atoms with Gasteiger partial charge >= 0.3 is 6.18 Å². The number of hydrogen-bond acceptors (Lipinski definition) is 3. The van der Waals surface area contributed by atoms with E-state index in [9.17, 15) is 22.8 Å². The monoisotopic (exact) mass is 378 g/mol. The Morgan fingerprint density at radius 3 is 2.84 bits per heavy atom. The van der Waals surface area contributed by atoms with Gasteiger partial charge in [-0.05, 0) is 25.1 Å². The van der Waals surface area contributed by atoms with Gasteiger partial charge in [0.15, 0.2) is 0 Å². The number of amides is 2. The van der Waals surface area contributed by atoms with Crippen LogP contribution in [0.3, 0.4) is 0 Å². The molecule has 0 aromatic heterocycles. The minimum absolute atomic E-state index is 0.0362. The fourth-order valence-electron chi connectivity index (χ4n) is 2.53. The first-order chi connectivity index (χ1) is 11.7.